The van der Waals surface area contributed by atoms with Crippen LogP contribution in [0.5, 0.6) is 0 Å². The van der Waals surface area contributed by atoms with Crippen LogP contribution in [-0.2, 0) is 11.3 Å². The van der Waals surface area contributed by atoms with Gasteiger partial charge in [-0.1, -0.05) is 60.2 Å². The second kappa shape index (κ2) is 11.3. The second-order valence-electron chi connectivity index (χ2n) is 6.90. The molecule has 1 heterocycles. The fourth-order valence-electron chi connectivity index (χ4n) is 3.40. The van der Waals surface area contributed by atoms with E-state index in [2.05, 4.69) is 77.1 Å². The van der Waals surface area contributed by atoms with Crippen LogP contribution in [0.1, 0.15) is 35.6 Å². The van der Waals surface area contributed by atoms with E-state index in [4.69, 9.17) is 4.74 Å². The first-order chi connectivity index (χ1) is 12.8. The zero-order valence-electron chi connectivity index (χ0n) is 16.2. The van der Waals surface area contributed by atoms with Crippen molar-refractivity contribution in [3.63, 3.8) is 0 Å². The SMILES string of the molecule is CN=C(NCc1ccc(C)cc1)NCC1CCCOC1c1ccccc1.I. The van der Waals surface area contributed by atoms with Gasteiger partial charge in [-0.15, -0.1) is 24.0 Å². The van der Waals surface area contributed by atoms with E-state index in [0.29, 0.717) is 5.92 Å². The van der Waals surface area contributed by atoms with E-state index in [1.807, 2.05) is 7.05 Å². The molecule has 2 aromatic rings. The number of aryl methyl sites for hydroxylation is 1. The number of rotatable bonds is 5. The summed E-state index contributed by atoms with van der Waals surface area (Å²) in [6.45, 7) is 4.57. The summed E-state index contributed by atoms with van der Waals surface area (Å²) < 4.78 is 6.08. The van der Waals surface area contributed by atoms with Gasteiger partial charge >= 0.3 is 0 Å². The van der Waals surface area contributed by atoms with E-state index < -0.39 is 0 Å². The molecule has 0 aliphatic carbocycles. The minimum atomic E-state index is 0. The van der Waals surface area contributed by atoms with Crippen LogP contribution in [0.4, 0.5) is 0 Å². The van der Waals surface area contributed by atoms with E-state index >= 15 is 0 Å². The zero-order chi connectivity index (χ0) is 18.2. The smallest absolute Gasteiger partial charge is 0.191 e. The van der Waals surface area contributed by atoms with Gasteiger partial charge in [0, 0.05) is 32.7 Å². The standard InChI is InChI=1S/C22H29N3O.HI/c1-17-10-12-18(13-11-17)15-24-22(23-2)25-16-20-9-6-14-26-21(20)19-7-4-3-5-8-19;/h3-5,7-8,10-13,20-21H,6,9,14-16H2,1-2H3,(H2,23,24,25);1H. The summed E-state index contributed by atoms with van der Waals surface area (Å²) >= 11 is 0. The zero-order valence-corrected chi connectivity index (χ0v) is 18.5. The molecule has 1 fully saturated rings. The van der Waals surface area contributed by atoms with Gasteiger partial charge in [0.2, 0.25) is 0 Å². The number of hydrogen-bond acceptors (Lipinski definition) is 2. The average Bonchev–Trinajstić information content (AvgIpc) is 2.70. The van der Waals surface area contributed by atoms with Crippen molar-refractivity contribution in [2.24, 2.45) is 10.9 Å². The number of hydrogen-bond donors (Lipinski definition) is 2. The number of aliphatic imine (C=N–C) groups is 1. The lowest BCUT2D eigenvalue weighted by atomic mass is 9.89. The third-order valence-corrected chi connectivity index (χ3v) is 4.91. The Bertz CT molecular complexity index is 703. The van der Waals surface area contributed by atoms with Crippen LogP contribution < -0.4 is 10.6 Å². The van der Waals surface area contributed by atoms with Crippen molar-refractivity contribution in [3.05, 3.63) is 71.3 Å². The lowest BCUT2D eigenvalue weighted by Gasteiger charge is -2.32. The second-order valence-corrected chi connectivity index (χ2v) is 6.90. The van der Waals surface area contributed by atoms with Gasteiger partial charge in [0.15, 0.2) is 5.96 Å². The highest BCUT2D eigenvalue weighted by atomic mass is 127. The largest absolute Gasteiger partial charge is 0.373 e. The first-order valence-electron chi connectivity index (χ1n) is 9.43. The minimum Gasteiger partial charge on any atom is -0.373 e. The average molecular weight is 479 g/mol. The highest BCUT2D eigenvalue weighted by Crippen LogP contribution is 2.32. The number of nitrogens with zero attached hydrogens (tertiary/aromatic N) is 1. The number of nitrogens with one attached hydrogen (secondary N) is 2. The molecule has 4 nitrogen and oxygen atoms in total. The van der Waals surface area contributed by atoms with Crippen molar-refractivity contribution in [3.8, 4) is 0 Å². The third-order valence-electron chi connectivity index (χ3n) is 4.91. The Labute approximate surface area is 179 Å². The van der Waals surface area contributed by atoms with Crippen molar-refractivity contribution in [2.75, 3.05) is 20.2 Å². The maximum Gasteiger partial charge on any atom is 0.191 e. The summed E-state index contributed by atoms with van der Waals surface area (Å²) in [5, 5.41) is 6.88. The molecule has 27 heavy (non-hydrogen) atoms. The maximum absolute atomic E-state index is 6.08. The van der Waals surface area contributed by atoms with Gasteiger partial charge in [0.25, 0.3) is 0 Å². The predicted octanol–water partition coefficient (Wildman–Crippen LogP) is 4.45. The highest BCUT2D eigenvalue weighted by Gasteiger charge is 2.27. The van der Waals surface area contributed by atoms with Crippen molar-refractivity contribution >= 4 is 29.9 Å². The minimum absolute atomic E-state index is 0. The summed E-state index contributed by atoms with van der Waals surface area (Å²) in [6.07, 6.45) is 2.44. The number of benzene rings is 2. The predicted molar refractivity (Wildman–Crippen MR) is 123 cm³/mol. The highest BCUT2D eigenvalue weighted by molar-refractivity contribution is 14.0. The van der Waals surface area contributed by atoms with Crippen LogP contribution in [0.25, 0.3) is 0 Å². The fourth-order valence-corrected chi connectivity index (χ4v) is 3.40. The molecule has 2 N–H and O–H groups in total. The molecule has 1 saturated heterocycles. The van der Waals surface area contributed by atoms with Crippen molar-refractivity contribution < 1.29 is 4.74 Å². The Balaban J connectivity index is 0.00000261. The van der Waals surface area contributed by atoms with Gasteiger partial charge in [0.05, 0.1) is 6.10 Å². The Kier molecular flexibility index (Phi) is 9.07. The molecule has 0 spiro atoms. The van der Waals surface area contributed by atoms with E-state index in [1.54, 1.807) is 0 Å². The first-order valence-corrected chi connectivity index (χ1v) is 9.43. The normalized spacial score (nSPS) is 19.9. The van der Waals surface area contributed by atoms with Crippen LogP contribution in [0.15, 0.2) is 59.6 Å². The van der Waals surface area contributed by atoms with Crippen LogP contribution >= 0.6 is 24.0 Å². The Morgan fingerprint density at radius 3 is 2.52 bits per heavy atom. The molecule has 0 bridgehead atoms. The van der Waals surface area contributed by atoms with Gasteiger partial charge < -0.3 is 15.4 Å². The van der Waals surface area contributed by atoms with Crippen LogP contribution in [0, 0.1) is 12.8 Å². The first kappa shape index (κ1) is 21.7. The van der Waals surface area contributed by atoms with Gasteiger partial charge in [-0.05, 0) is 30.9 Å². The van der Waals surface area contributed by atoms with Crippen LogP contribution in [0.2, 0.25) is 0 Å². The molecule has 1 aliphatic rings. The van der Waals surface area contributed by atoms with E-state index in [1.165, 1.54) is 23.1 Å². The molecule has 5 heteroatoms. The van der Waals surface area contributed by atoms with Gasteiger partial charge in [-0.2, -0.15) is 0 Å². The van der Waals surface area contributed by atoms with Crippen molar-refractivity contribution in [1.29, 1.82) is 0 Å². The van der Waals surface area contributed by atoms with E-state index in [-0.39, 0.29) is 30.1 Å². The molecular formula is C22H30IN3O. The molecule has 2 atom stereocenters. The number of halogens is 1. The van der Waals surface area contributed by atoms with Crippen molar-refractivity contribution in [1.82, 2.24) is 10.6 Å². The van der Waals surface area contributed by atoms with Crippen LogP contribution in [0.3, 0.4) is 0 Å². The molecular weight excluding hydrogens is 449 g/mol. The molecule has 0 saturated carbocycles. The maximum atomic E-state index is 6.08. The van der Waals surface area contributed by atoms with E-state index in [0.717, 1.165) is 32.1 Å². The quantitative estimate of drug-likeness (QED) is 0.379. The topological polar surface area (TPSA) is 45.7 Å². The summed E-state index contributed by atoms with van der Waals surface area (Å²) in [5.74, 6) is 1.28. The monoisotopic (exact) mass is 479 g/mol. The van der Waals surface area contributed by atoms with Gasteiger partial charge in [-0.25, -0.2) is 0 Å². The Morgan fingerprint density at radius 1 is 1.07 bits per heavy atom. The van der Waals surface area contributed by atoms with Crippen molar-refractivity contribution in [2.45, 2.75) is 32.4 Å². The molecule has 3 rings (SSSR count). The summed E-state index contributed by atoms with van der Waals surface area (Å²) in [7, 11) is 1.82. The molecule has 146 valence electrons. The van der Waals surface area contributed by atoms with Crippen LogP contribution in [-0.4, -0.2) is 26.2 Å². The van der Waals surface area contributed by atoms with E-state index in [9.17, 15) is 0 Å². The third kappa shape index (κ3) is 6.50. The Hall–Kier alpha value is -1.60. The summed E-state index contributed by atoms with van der Waals surface area (Å²) in [4.78, 5) is 4.36. The summed E-state index contributed by atoms with van der Waals surface area (Å²) in [5.41, 5.74) is 3.80. The fraction of sp³-hybridized carbons (Fsp3) is 0.409. The summed E-state index contributed by atoms with van der Waals surface area (Å²) in [6, 6.07) is 19.1. The molecule has 0 aromatic heterocycles. The molecule has 0 amide bonds. The van der Waals surface area contributed by atoms with Gasteiger partial charge in [0.1, 0.15) is 0 Å². The molecule has 1 aliphatic heterocycles. The molecule has 0 radical (unpaired) electrons. The molecule has 2 unspecified atom stereocenters. The lowest BCUT2D eigenvalue weighted by molar-refractivity contribution is -0.0265. The molecule has 2 aromatic carbocycles. The lowest BCUT2D eigenvalue weighted by Crippen LogP contribution is -2.41. The number of ether oxygens (including phenoxy) is 1. The number of guanidine groups is 1. The Morgan fingerprint density at radius 2 is 1.81 bits per heavy atom. The van der Waals surface area contributed by atoms with Gasteiger partial charge in [-0.3, -0.25) is 4.99 Å².